The zero-order chi connectivity index (χ0) is 19.2. The maximum atomic E-state index is 12.6. The van der Waals surface area contributed by atoms with Crippen molar-refractivity contribution in [2.75, 3.05) is 51.8 Å². The van der Waals surface area contributed by atoms with Gasteiger partial charge >= 0.3 is 0 Å². The van der Waals surface area contributed by atoms with Gasteiger partial charge in [0.1, 0.15) is 5.75 Å². The van der Waals surface area contributed by atoms with Crippen LogP contribution in [-0.2, 0) is 11.3 Å². The van der Waals surface area contributed by atoms with Crippen LogP contribution in [0.3, 0.4) is 0 Å². The second kappa shape index (κ2) is 9.11. The van der Waals surface area contributed by atoms with Crippen molar-refractivity contribution < 1.29 is 9.53 Å². The summed E-state index contributed by atoms with van der Waals surface area (Å²) >= 11 is 6.20. The number of anilines is 1. The number of methoxy groups -OCH3 is 1. The highest BCUT2D eigenvalue weighted by molar-refractivity contribution is 6.31. The minimum Gasteiger partial charge on any atom is -0.497 e. The maximum Gasteiger partial charge on any atom is 0.236 e. The Balaban J connectivity index is 1.49. The van der Waals surface area contributed by atoms with Gasteiger partial charge in [0.25, 0.3) is 0 Å². The molecule has 0 radical (unpaired) electrons. The largest absolute Gasteiger partial charge is 0.497 e. The van der Waals surface area contributed by atoms with Gasteiger partial charge in [-0.25, -0.2) is 0 Å². The standard InChI is InChI=1S/C21H26ClN3O2/c1-23(15-17-6-3-4-9-20(17)22)21(26)16-24-10-12-25(13-11-24)18-7-5-8-19(14-18)27-2/h3-9,14H,10-13,15-16H2,1-2H3. The van der Waals surface area contributed by atoms with E-state index < -0.39 is 0 Å². The summed E-state index contributed by atoms with van der Waals surface area (Å²) in [5.74, 6) is 0.982. The van der Waals surface area contributed by atoms with E-state index in [1.165, 1.54) is 0 Å². The lowest BCUT2D eigenvalue weighted by Gasteiger charge is -2.36. The summed E-state index contributed by atoms with van der Waals surface area (Å²) in [6.45, 7) is 4.49. The number of hydrogen-bond donors (Lipinski definition) is 0. The molecule has 0 aliphatic carbocycles. The highest BCUT2D eigenvalue weighted by Crippen LogP contribution is 2.22. The van der Waals surface area contributed by atoms with Gasteiger partial charge in [0.15, 0.2) is 0 Å². The van der Waals surface area contributed by atoms with E-state index >= 15 is 0 Å². The van der Waals surface area contributed by atoms with Crippen LogP contribution in [-0.4, -0.2) is 62.6 Å². The molecule has 0 atom stereocenters. The minimum absolute atomic E-state index is 0.116. The topological polar surface area (TPSA) is 36.0 Å². The molecule has 144 valence electrons. The van der Waals surface area contributed by atoms with Crippen molar-refractivity contribution in [1.29, 1.82) is 0 Å². The summed E-state index contributed by atoms with van der Waals surface area (Å²) in [7, 11) is 3.51. The summed E-state index contributed by atoms with van der Waals surface area (Å²) in [6.07, 6.45) is 0. The predicted octanol–water partition coefficient (Wildman–Crippen LogP) is 3.13. The number of likely N-dealkylation sites (N-methyl/N-ethyl adjacent to an activating group) is 1. The van der Waals surface area contributed by atoms with Gasteiger partial charge in [0.2, 0.25) is 5.91 Å². The number of ether oxygens (including phenoxy) is 1. The molecule has 0 saturated carbocycles. The molecule has 1 heterocycles. The highest BCUT2D eigenvalue weighted by atomic mass is 35.5. The Morgan fingerprint density at radius 2 is 1.85 bits per heavy atom. The van der Waals surface area contributed by atoms with Crippen LogP contribution in [0.5, 0.6) is 5.75 Å². The fraction of sp³-hybridized carbons (Fsp3) is 0.381. The molecule has 1 saturated heterocycles. The van der Waals surface area contributed by atoms with Crippen LogP contribution in [0.15, 0.2) is 48.5 Å². The van der Waals surface area contributed by atoms with Gasteiger partial charge in [0, 0.05) is 56.5 Å². The van der Waals surface area contributed by atoms with E-state index in [0.717, 1.165) is 43.2 Å². The van der Waals surface area contributed by atoms with Crippen molar-refractivity contribution in [3.05, 3.63) is 59.1 Å². The average Bonchev–Trinajstić information content (AvgIpc) is 2.70. The molecule has 0 spiro atoms. The number of halogens is 1. The van der Waals surface area contributed by atoms with Crippen LogP contribution in [0.2, 0.25) is 5.02 Å². The molecule has 2 aromatic rings. The summed E-state index contributed by atoms with van der Waals surface area (Å²) in [5.41, 5.74) is 2.13. The Morgan fingerprint density at radius 3 is 2.56 bits per heavy atom. The Morgan fingerprint density at radius 1 is 1.11 bits per heavy atom. The van der Waals surface area contributed by atoms with Gasteiger partial charge < -0.3 is 14.5 Å². The SMILES string of the molecule is COc1cccc(N2CCN(CC(=O)N(C)Cc3ccccc3Cl)CC2)c1. The normalized spacial score (nSPS) is 14.9. The van der Waals surface area contributed by atoms with E-state index in [9.17, 15) is 4.79 Å². The number of piperazine rings is 1. The van der Waals surface area contributed by atoms with Crippen molar-refractivity contribution in [3.63, 3.8) is 0 Å². The molecule has 1 fully saturated rings. The first-order chi connectivity index (χ1) is 13.1. The number of hydrogen-bond acceptors (Lipinski definition) is 4. The Bertz CT molecular complexity index is 776. The summed E-state index contributed by atoms with van der Waals surface area (Å²) in [4.78, 5) is 18.9. The van der Waals surface area contributed by atoms with Crippen LogP contribution >= 0.6 is 11.6 Å². The van der Waals surface area contributed by atoms with Gasteiger partial charge in [-0.3, -0.25) is 9.69 Å². The van der Waals surface area contributed by atoms with Gasteiger partial charge in [-0.1, -0.05) is 35.9 Å². The van der Waals surface area contributed by atoms with Crippen molar-refractivity contribution in [3.8, 4) is 5.75 Å². The quantitative estimate of drug-likeness (QED) is 0.763. The monoisotopic (exact) mass is 387 g/mol. The van der Waals surface area contributed by atoms with E-state index in [-0.39, 0.29) is 5.91 Å². The molecule has 3 rings (SSSR count). The smallest absolute Gasteiger partial charge is 0.236 e. The van der Waals surface area contributed by atoms with E-state index in [1.54, 1.807) is 12.0 Å². The fourth-order valence-corrected chi connectivity index (χ4v) is 3.45. The van der Waals surface area contributed by atoms with Crippen molar-refractivity contribution in [2.45, 2.75) is 6.54 Å². The third-order valence-corrected chi connectivity index (χ3v) is 5.31. The number of carbonyl (C=O) groups is 1. The van der Waals surface area contributed by atoms with Gasteiger partial charge in [-0.05, 0) is 23.8 Å². The molecule has 0 N–H and O–H groups in total. The Hall–Kier alpha value is -2.24. The molecule has 0 aromatic heterocycles. The first-order valence-electron chi connectivity index (χ1n) is 9.15. The molecule has 1 aliphatic heterocycles. The van der Waals surface area contributed by atoms with Gasteiger partial charge in [0.05, 0.1) is 13.7 Å². The molecular formula is C21H26ClN3O2. The molecule has 0 bridgehead atoms. The van der Waals surface area contributed by atoms with E-state index in [4.69, 9.17) is 16.3 Å². The zero-order valence-electron chi connectivity index (χ0n) is 15.9. The molecule has 2 aromatic carbocycles. The molecule has 5 nitrogen and oxygen atoms in total. The lowest BCUT2D eigenvalue weighted by Crippen LogP contribution is -2.49. The van der Waals surface area contributed by atoms with E-state index in [0.29, 0.717) is 18.1 Å². The minimum atomic E-state index is 0.116. The molecule has 1 aliphatic rings. The van der Waals surface area contributed by atoms with Crippen LogP contribution in [0.4, 0.5) is 5.69 Å². The molecule has 27 heavy (non-hydrogen) atoms. The first kappa shape index (κ1) is 19.5. The molecule has 0 unspecified atom stereocenters. The number of carbonyl (C=O) groups excluding carboxylic acids is 1. The number of nitrogens with zero attached hydrogens (tertiary/aromatic N) is 3. The summed E-state index contributed by atoms with van der Waals surface area (Å²) in [5, 5.41) is 0.698. The van der Waals surface area contributed by atoms with E-state index in [2.05, 4.69) is 21.9 Å². The van der Waals surface area contributed by atoms with Gasteiger partial charge in [-0.2, -0.15) is 0 Å². The van der Waals surface area contributed by atoms with Crippen LogP contribution in [0.25, 0.3) is 0 Å². The number of benzene rings is 2. The highest BCUT2D eigenvalue weighted by Gasteiger charge is 2.21. The Labute approximate surface area is 166 Å². The van der Waals surface area contributed by atoms with Crippen LogP contribution in [0.1, 0.15) is 5.56 Å². The molecular weight excluding hydrogens is 362 g/mol. The third kappa shape index (κ3) is 5.15. The fourth-order valence-electron chi connectivity index (χ4n) is 3.25. The first-order valence-corrected chi connectivity index (χ1v) is 9.53. The average molecular weight is 388 g/mol. The van der Waals surface area contributed by atoms with Crippen LogP contribution in [0, 0.1) is 0 Å². The second-order valence-corrected chi connectivity index (χ2v) is 7.21. The lowest BCUT2D eigenvalue weighted by atomic mass is 10.2. The second-order valence-electron chi connectivity index (χ2n) is 6.81. The molecule has 6 heteroatoms. The summed E-state index contributed by atoms with van der Waals surface area (Å²) in [6, 6.07) is 15.8. The third-order valence-electron chi connectivity index (χ3n) is 4.94. The Kier molecular flexibility index (Phi) is 6.58. The predicted molar refractivity (Wildman–Crippen MR) is 110 cm³/mol. The maximum absolute atomic E-state index is 12.6. The van der Waals surface area contributed by atoms with Gasteiger partial charge in [-0.15, -0.1) is 0 Å². The number of rotatable bonds is 6. The lowest BCUT2D eigenvalue weighted by molar-refractivity contribution is -0.131. The zero-order valence-corrected chi connectivity index (χ0v) is 16.7. The van der Waals surface area contributed by atoms with Crippen molar-refractivity contribution in [1.82, 2.24) is 9.80 Å². The summed E-state index contributed by atoms with van der Waals surface area (Å²) < 4.78 is 5.31. The van der Waals surface area contributed by atoms with Crippen molar-refractivity contribution >= 4 is 23.2 Å². The number of amides is 1. The van der Waals surface area contributed by atoms with Crippen LogP contribution < -0.4 is 9.64 Å². The molecule has 1 amide bonds. The van der Waals surface area contributed by atoms with E-state index in [1.807, 2.05) is 43.4 Å². The van der Waals surface area contributed by atoms with Crippen molar-refractivity contribution in [2.24, 2.45) is 0 Å².